The first kappa shape index (κ1) is 22.3. The largest absolute Gasteiger partial charge is 0.271 e. The molecule has 4 rings (SSSR count). The standard InChI is InChI=1S/C21H26Br2N8/c22-18-7-1-3-9-20(18)24-26-30-13-5-11-28(16-30)15-29-12-6-14-31(17-29)27-25-21-10-4-2-8-19(21)23/h1-4,7-10H,5-6,11-17H2. The van der Waals surface area contributed by atoms with E-state index in [4.69, 9.17) is 0 Å². The summed E-state index contributed by atoms with van der Waals surface area (Å²) in [5.41, 5.74) is 1.70. The van der Waals surface area contributed by atoms with Gasteiger partial charge in [-0.05, 0) is 69.0 Å². The van der Waals surface area contributed by atoms with E-state index in [0.29, 0.717) is 0 Å². The summed E-state index contributed by atoms with van der Waals surface area (Å²) in [6, 6.07) is 15.8. The van der Waals surface area contributed by atoms with E-state index in [0.717, 1.165) is 79.3 Å². The normalized spacial score (nSPS) is 19.0. The molecule has 0 radical (unpaired) electrons. The Kier molecular flexibility index (Phi) is 8.01. The van der Waals surface area contributed by atoms with Crippen molar-refractivity contribution >= 4 is 43.2 Å². The Balaban J connectivity index is 1.29. The highest BCUT2D eigenvalue weighted by atomic mass is 79.9. The molecule has 0 spiro atoms. The number of rotatable bonds is 6. The molecule has 2 fully saturated rings. The molecule has 0 aromatic heterocycles. The first-order valence-electron chi connectivity index (χ1n) is 10.4. The lowest BCUT2D eigenvalue weighted by molar-refractivity contribution is -0.00456. The summed E-state index contributed by atoms with van der Waals surface area (Å²) in [6.45, 7) is 6.44. The third-order valence-electron chi connectivity index (χ3n) is 5.17. The fraction of sp³-hybridized carbons (Fsp3) is 0.429. The van der Waals surface area contributed by atoms with Gasteiger partial charge in [0.25, 0.3) is 0 Å². The number of nitrogens with zero attached hydrogens (tertiary/aromatic N) is 8. The lowest BCUT2D eigenvalue weighted by atomic mass is 10.3. The maximum atomic E-state index is 4.46. The van der Waals surface area contributed by atoms with E-state index in [1.165, 1.54) is 0 Å². The summed E-state index contributed by atoms with van der Waals surface area (Å²) in [4.78, 5) is 4.83. The predicted molar refractivity (Wildman–Crippen MR) is 128 cm³/mol. The Morgan fingerprint density at radius 3 is 1.55 bits per heavy atom. The minimum absolute atomic E-state index is 0.781. The van der Waals surface area contributed by atoms with Crippen molar-refractivity contribution in [3.63, 3.8) is 0 Å². The van der Waals surface area contributed by atoms with Gasteiger partial charge in [0.05, 0.1) is 20.0 Å². The first-order valence-corrected chi connectivity index (χ1v) is 12.0. The fourth-order valence-electron chi connectivity index (χ4n) is 3.65. The van der Waals surface area contributed by atoms with E-state index < -0.39 is 0 Å². The van der Waals surface area contributed by atoms with Gasteiger partial charge >= 0.3 is 0 Å². The second-order valence-corrected chi connectivity index (χ2v) is 9.37. The molecule has 0 atom stereocenters. The maximum absolute atomic E-state index is 4.46. The van der Waals surface area contributed by atoms with Gasteiger partial charge in [0, 0.05) is 35.1 Å². The Bertz CT molecular complexity index is 848. The van der Waals surface area contributed by atoms with Gasteiger partial charge in [-0.15, -0.1) is 10.2 Å². The van der Waals surface area contributed by atoms with Gasteiger partial charge in [0.2, 0.25) is 0 Å². The second-order valence-electron chi connectivity index (χ2n) is 7.66. The summed E-state index contributed by atoms with van der Waals surface area (Å²) in [7, 11) is 0. The molecule has 0 aliphatic carbocycles. The Morgan fingerprint density at radius 1 is 0.645 bits per heavy atom. The molecule has 8 nitrogen and oxygen atoms in total. The summed E-state index contributed by atoms with van der Waals surface area (Å²) in [5.74, 6) is 0. The highest BCUT2D eigenvalue weighted by Crippen LogP contribution is 2.26. The van der Waals surface area contributed by atoms with Crippen LogP contribution in [0, 0.1) is 0 Å². The van der Waals surface area contributed by atoms with Crippen LogP contribution in [0.3, 0.4) is 0 Å². The van der Waals surface area contributed by atoms with E-state index in [1.54, 1.807) is 0 Å². The zero-order valence-corrected chi connectivity index (χ0v) is 20.5. The summed E-state index contributed by atoms with van der Waals surface area (Å²) in [6.07, 6.45) is 2.16. The lowest BCUT2D eigenvalue weighted by Gasteiger charge is -2.39. The Hall–Kier alpha value is -1.88. The number of halogens is 2. The van der Waals surface area contributed by atoms with Gasteiger partial charge in [-0.2, -0.15) is 0 Å². The van der Waals surface area contributed by atoms with Crippen molar-refractivity contribution in [2.24, 2.45) is 20.7 Å². The van der Waals surface area contributed by atoms with Crippen LogP contribution in [0.25, 0.3) is 0 Å². The molecule has 10 heteroatoms. The zero-order valence-electron chi connectivity index (χ0n) is 17.3. The van der Waals surface area contributed by atoms with Gasteiger partial charge < -0.3 is 0 Å². The number of hydrogen-bond acceptors (Lipinski definition) is 6. The van der Waals surface area contributed by atoms with Crippen molar-refractivity contribution in [1.82, 2.24) is 19.8 Å². The summed E-state index contributed by atoms with van der Waals surface area (Å²) >= 11 is 7.05. The molecule has 2 aromatic rings. The highest BCUT2D eigenvalue weighted by Gasteiger charge is 2.22. The van der Waals surface area contributed by atoms with Crippen molar-refractivity contribution in [2.45, 2.75) is 12.8 Å². The molecule has 0 N–H and O–H groups in total. The second kappa shape index (κ2) is 11.1. The molecule has 0 unspecified atom stereocenters. The van der Waals surface area contributed by atoms with Crippen LogP contribution in [-0.4, -0.2) is 66.0 Å². The van der Waals surface area contributed by atoms with Crippen molar-refractivity contribution in [3.05, 3.63) is 57.5 Å². The molecule has 2 aliphatic rings. The third kappa shape index (κ3) is 6.55. The van der Waals surface area contributed by atoms with Gasteiger partial charge in [0.15, 0.2) is 0 Å². The predicted octanol–water partition coefficient (Wildman–Crippen LogP) is 5.80. The van der Waals surface area contributed by atoms with E-state index in [-0.39, 0.29) is 0 Å². The van der Waals surface area contributed by atoms with Crippen LogP contribution in [0.15, 0.2) is 78.2 Å². The van der Waals surface area contributed by atoms with Crippen LogP contribution in [0.4, 0.5) is 11.4 Å². The minimum atomic E-state index is 0.781. The molecule has 0 saturated carbocycles. The minimum Gasteiger partial charge on any atom is -0.271 e. The molecule has 164 valence electrons. The van der Waals surface area contributed by atoms with Crippen molar-refractivity contribution in [1.29, 1.82) is 0 Å². The zero-order chi connectivity index (χ0) is 21.5. The van der Waals surface area contributed by atoms with Crippen molar-refractivity contribution in [3.8, 4) is 0 Å². The van der Waals surface area contributed by atoms with Gasteiger partial charge in [0.1, 0.15) is 11.4 Å². The van der Waals surface area contributed by atoms with E-state index in [1.807, 2.05) is 58.5 Å². The summed E-state index contributed by atoms with van der Waals surface area (Å²) in [5, 5.41) is 21.8. The van der Waals surface area contributed by atoms with Gasteiger partial charge in [-0.1, -0.05) is 34.7 Å². The van der Waals surface area contributed by atoms with E-state index in [2.05, 4.69) is 62.3 Å². The van der Waals surface area contributed by atoms with Crippen LogP contribution in [0.1, 0.15) is 12.8 Å². The molecule has 31 heavy (non-hydrogen) atoms. The smallest absolute Gasteiger partial charge is 0.102 e. The maximum Gasteiger partial charge on any atom is 0.102 e. The SMILES string of the molecule is Brc1ccccc1N=NN1CCCN(CN2CCCN(N=Nc3ccccc3Br)C2)C1. The van der Waals surface area contributed by atoms with Crippen LogP contribution in [-0.2, 0) is 0 Å². The quantitative estimate of drug-likeness (QED) is 0.427. The topological polar surface area (TPSA) is 62.4 Å². The van der Waals surface area contributed by atoms with Crippen molar-refractivity contribution in [2.75, 3.05) is 46.2 Å². The molecular weight excluding hydrogens is 524 g/mol. The fourth-order valence-corrected chi connectivity index (χ4v) is 4.37. The van der Waals surface area contributed by atoms with Crippen LogP contribution in [0.5, 0.6) is 0 Å². The van der Waals surface area contributed by atoms with Crippen LogP contribution < -0.4 is 0 Å². The molecule has 0 amide bonds. The summed E-state index contributed by atoms with van der Waals surface area (Å²) < 4.78 is 1.91. The average molecular weight is 550 g/mol. The van der Waals surface area contributed by atoms with Crippen LogP contribution >= 0.6 is 31.9 Å². The molecule has 0 bridgehead atoms. The number of benzene rings is 2. The molecule has 2 saturated heterocycles. The molecule has 2 heterocycles. The lowest BCUT2D eigenvalue weighted by Crippen LogP contribution is -2.51. The Labute approximate surface area is 199 Å². The molecular formula is C21H26Br2N8. The van der Waals surface area contributed by atoms with Crippen LogP contribution in [0.2, 0.25) is 0 Å². The Morgan fingerprint density at radius 2 is 1.10 bits per heavy atom. The average Bonchev–Trinajstić information content (AvgIpc) is 2.79. The highest BCUT2D eigenvalue weighted by molar-refractivity contribution is 9.11. The first-order chi connectivity index (χ1) is 15.2. The van der Waals surface area contributed by atoms with E-state index >= 15 is 0 Å². The van der Waals surface area contributed by atoms with Crippen molar-refractivity contribution < 1.29 is 0 Å². The number of hydrogen-bond donors (Lipinski definition) is 0. The third-order valence-corrected chi connectivity index (χ3v) is 6.51. The van der Waals surface area contributed by atoms with Gasteiger partial charge in [-0.3, -0.25) is 19.8 Å². The monoisotopic (exact) mass is 548 g/mol. The molecule has 2 aromatic carbocycles. The van der Waals surface area contributed by atoms with E-state index in [9.17, 15) is 0 Å². The molecule has 2 aliphatic heterocycles. The van der Waals surface area contributed by atoms with Gasteiger partial charge in [-0.25, -0.2) is 0 Å².